The highest BCUT2D eigenvalue weighted by Crippen LogP contribution is 2.21. The second-order valence-corrected chi connectivity index (χ2v) is 5.88. The highest BCUT2D eigenvalue weighted by atomic mass is 32.1. The minimum Gasteiger partial charge on any atom is -0.456 e. The van der Waals surface area contributed by atoms with Crippen molar-refractivity contribution < 1.29 is 19.2 Å². The maximum atomic E-state index is 11.8. The van der Waals surface area contributed by atoms with Crippen LogP contribution in [-0.4, -0.2) is 23.4 Å². The summed E-state index contributed by atoms with van der Waals surface area (Å²) in [7, 11) is 0. The molecule has 0 atom stereocenters. The minimum absolute atomic E-state index is 0.122. The molecule has 2 aromatic rings. The molecular formula is C16H16N2O5S. The first-order chi connectivity index (χ1) is 11.5. The monoisotopic (exact) mass is 348 g/mol. The van der Waals surface area contributed by atoms with Gasteiger partial charge in [-0.05, 0) is 41.3 Å². The van der Waals surface area contributed by atoms with Crippen molar-refractivity contribution in [1.82, 2.24) is 0 Å². The Morgan fingerprint density at radius 1 is 1.33 bits per heavy atom. The Labute approximate surface area is 142 Å². The molecule has 7 nitrogen and oxygen atoms in total. The summed E-state index contributed by atoms with van der Waals surface area (Å²) < 4.78 is 4.91. The topological polar surface area (TPSA) is 98.5 Å². The Bertz CT molecular complexity index is 743. The molecule has 1 amide bonds. The molecule has 1 aromatic heterocycles. The van der Waals surface area contributed by atoms with Crippen molar-refractivity contribution in [3.63, 3.8) is 0 Å². The molecule has 0 bridgehead atoms. The Morgan fingerprint density at radius 3 is 2.79 bits per heavy atom. The van der Waals surface area contributed by atoms with Gasteiger partial charge in [0, 0.05) is 18.6 Å². The quantitative estimate of drug-likeness (QED) is 0.471. The fourth-order valence-electron chi connectivity index (χ4n) is 1.94. The molecule has 126 valence electrons. The van der Waals surface area contributed by atoms with Crippen molar-refractivity contribution >= 4 is 34.6 Å². The molecule has 0 spiro atoms. The van der Waals surface area contributed by atoms with Crippen molar-refractivity contribution in [2.45, 2.75) is 19.8 Å². The molecule has 0 aliphatic heterocycles. The number of esters is 1. The SMILES string of the molecule is Cc1ccc([N+](=O)[O-])cc1NC(=O)COC(=O)CCc1ccsc1. The van der Waals surface area contributed by atoms with Crippen molar-refractivity contribution in [1.29, 1.82) is 0 Å². The average Bonchev–Trinajstić information content (AvgIpc) is 3.06. The summed E-state index contributed by atoms with van der Waals surface area (Å²) in [4.78, 5) is 33.7. The summed E-state index contributed by atoms with van der Waals surface area (Å²) in [5.74, 6) is -1.01. The third-order valence-corrected chi connectivity index (χ3v) is 4.00. The molecule has 0 aliphatic carbocycles. The highest BCUT2D eigenvalue weighted by Gasteiger charge is 2.12. The summed E-state index contributed by atoms with van der Waals surface area (Å²) in [5.41, 5.74) is 1.93. The predicted molar refractivity (Wildman–Crippen MR) is 90.1 cm³/mol. The number of carbonyl (C=O) groups is 2. The van der Waals surface area contributed by atoms with Crippen LogP contribution in [0.1, 0.15) is 17.5 Å². The number of ether oxygens (including phenoxy) is 1. The molecule has 1 heterocycles. The Kier molecular flexibility index (Phi) is 6.02. The third kappa shape index (κ3) is 5.17. The summed E-state index contributed by atoms with van der Waals surface area (Å²) >= 11 is 1.55. The maximum Gasteiger partial charge on any atom is 0.306 e. The number of nitrogens with one attached hydrogen (secondary N) is 1. The molecule has 0 saturated carbocycles. The van der Waals surface area contributed by atoms with Crippen LogP contribution in [0.4, 0.5) is 11.4 Å². The van der Waals surface area contributed by atoms with Crippen LogP contribution in [0.5, 0.6) is 0 Å². The van der Waals surface area contributed by atoms with Crippen LogP contribution in [0, 0.1) is 17.0 Å². The van der Waals surface area contributed by atoms with Crippen LogP contribution >= 0.6 is 11.3 Å². The molecule has 1 N–H and O–H groups in total. The standard InChI is InChI=1S/C16H16N2O5S/c1-11-2-4-13(18(21)22)8-14(11)17-15(19)9-23-16(20)5-3-12-6-7-24-10-12/h2,4,6-8,10H,3,5,9H2,1H3,(H,17,19). The Hall–Kier alpha value is -2.74. The fraction of sp³-hybridized carbons (Fsp3) is 0.250. The third-order valence-electron chi connectivity index (χ3n) is 3.27. The minimum atomic E-state index is -0.542. The first-order valence-electron chi connectivity index (χ1n) is 7.17. The lowest BCUT2D eigenvalue weighted by atomic mass is 10.2. The predicted octanol–water partition coefficient (Wildman–Crippen LogP) is 3.08. The van der Waals surface area contributed by atoms with Gasteiger partial charge in [-0.15, -0.1) is 0 Å². The van der Waals surface area contributed by atoms with Crippen molar-refractivity contribution in [2.75, 3.05) is 11.9 Å². The van der Waals surface area contributed by atoms with E-state index >= 15 is 0 Å². The lowest BCUT2D eigenvalue weighted by Gasteiger charge is -2.09. The summed E-state index contributed by atoms with van der Waals surface area (Å²) in [6.45, 7) is 1.29. The van der Waals surface area contributed by atoms with Crippen LogP contribution in [0.3, 0.4) is 0 Å². The Balaban J connectivity index is 1.81. The summed E-state index contributed by atoms with van der Waals surface area (Å²) in [6, 6.07) is 6.09. The van der Waals surface area contributed by atoms with E-state index in [1.54, 1.807) is 24.3 Å². The van der Waals surface area contributed by atoms with Crippen LogP contribution in [0.15, 0.2) is 35.0 Å². The van der Waals surface area contributed by atoms with E-state index in [0.717, 1.165) is 5.56 Å². The van der Waals surface area contributed by atoms with Gasteiger partial charge in [-0.3, -0.25) is 19.7 Å². The maximum absolute atomic E-state index is 11.8. The normalized spacial score (nSPS) is 10.2. The van der Waals surface area contributed by atoms with E-state index in [1.807, 2.05) is 16.8 Å². The van der Waals surface area contributed by atoms with Crippen molar-refractivity contribution in [3.8, 4) is 0 Å². The van der Waals surface area contributed by atoms with E-state index < -0.39 is 23.4 Å². The lowest BCUT2D eigenvalue weighted by Crippen LogP contribution is -2.21. The molecule has 0 saturated heterocycles. The Morgan fingerprint density at radius 2 is 2.12 bits per heavy atom. The number of aryl methyl sites for hydroxylation is 2. The molecular weight excluding hydrogens is 332 g/mol. The number of nitro benzene ring substituents is 1. The number of carbonyl (C=O) groups excluding carboxylic acids is 2. The van der Waals surface area contributed by atoms with Crippen LogP contribution < -0.4 is 5.32 Å². The fourth-order valence-corrected chi connectivity index (χ4v) is 2.65. The number of rotatable bonds is 7. The zero-order chi connectivity index (χ0) is 17.5. The van der Waals surface area contributed by atoms with Gasteiger partial charge in [-0.1, -0.05) is 6.07 Å². The van der Waals surface area contributed by atoms with Crippen LogP contribution in [0.25, 0.3) is 0 Å². The van der Waals surface area contributed by atoms with Gasteiger partial charge in [-0.2, -0.15) is 11.3 Å². The number of nitro groups is 1. The summed E-state index contributed by atoms with van der Waals surface area (Å²) in [5, 5.41) is 17.1. The largest absolute Gasteiger partial charge is 0.456 e. The molecule has 0 unspecified atom stereocenters. The zero-order valence-electron chi connectivity index (χ0n) is 13.0. The number of non-ortho nitro benzene ring substituents is 1. The zero-order valence-corrected chi connectivity index (χ0v) is 13.8. The number of thiophene rings is 1. The van der Waals surface area contributed by atoms with Crippen LogP contribution in [-0.2, 0) is 20.7 Å². The molecule has 8 heteroatoms. The molecule has 0 fully saturated rings. The number of benzene rings is 1. The second kappa shape index (κ2) is 8.21. The van der Waals surface area contributed by atoms with Gasteiger partial charge in [0.25, 0.3) is 11.6 Å². The molecule has 1 aromatic carbocycles. The number of nitrogens with zero attached hydrogens (tertiary/aromatic N) is 1. The van der Waals surface area contributed by atoms with Gasteiger partial charge in [0.2, 0.25) is 0 Å². The van der Waals surface area contributed by atoms with E-state index in [4.69, 9.17) is 4.74 Å². The van der Waals surface area contributed by atoms with E-state index in [0.29, 0.717) is 17.7 Å². The van der Waals surface area contributed by atoms with E-state index in [-0.39, 0.29) is 12.1 Å². The van der Waals surface area contributed by atoms with Crippen molar-refractivity contribution in [2.24, 2.45) is 0 Å². The molecule has 2 rings (SSSR count). The van der Waals surface area contributed by atoms with E-state index in [1.165, 1.54) is 12.1 Å². The van der Waals surface area contributed by atoms with Gasteiger partial charge < -0.3 is 10.1 Å². The highest BCUT2D eigenvalue weighted by molar-refractivity contribution is 7.07. The summed E-state index contributed by atoms with van der Waals surface area (Å²) in [6.07, 6.45) is 0.758. The number of hydrogen-bond acceptors (Lipinski definition) is 6. The van der Waals surface area contributed by atoms with Crippen LogP contribution in [0.2, 0.25) is 0 Å². The van der Waals surface area contributed by atoms with Gasteiger partial charge in [0.1, 0.15) is 0 Å². The number of anilines is 1. The van der Waals surface area contributed by atoms with Gasteiger partial charge in [0.15, 0.2) is 6.61 Å². The van der Waals surface area contributed by atoms with Gasteiger partial charge in [-0.25, -0.2) is 0 Å². The second-order valence-electron chi connectivity index (χ2n) is 5.10. The number of hydrogen-bond donors (Lipinski definition) is 1. The molecule has 0 aliphatic rings. The first kappa shape index (κ1) is 17.6. The molecule has 24 heavy (non-hydrogen) atoms. The first-order valence-corrected chi connectivity index (χ1v) is 8.11. The van der Waals surface area contributed by atoms with Gasteiger partial charge in [0.05, 0.1) is 10.6 Å². The van der Waals surface area contributed by atoms with Gasteiger partial charge >= 0.3 is 5.97 Å². The smallest absolute Gasteiger partial charge is 0.306 e. The van der Waals surface area contributed by atoms with E-state index in [2.05, 4.69) is 5.32 Å². The molecule has 0 radical (unpaired) electrons. The van der Waals surface area contributed by atoms with E-state index in [9.17, 15) is 19.7 Å². The lowest BCUT2D eigenvalue weighted by molar-refractivity contribution is -0.384. The van der Waals surface area contributed by atoms with Crippen molar-refractivity contribution in [3.05, 3.63) is 56.3 Å². The number of amides is 1. The average molecular weight is 348 g/mol.